The van der Waals surface area contributed by atoms with Crippen LogP contribution in [-0.2, 0) is 11.3 Å². The van der Waals surface area contributed by atoms with Crippen LogP contribution in [0.25, 0.3) is 28.0 Å². The van der Waals surface area contributed by atoms with E-state index in [1.54, 1.807) is 6.20 Å². The van der Waals surface area contributed by atoms with Crippen LogP contribution in [0.1, 0.15) is 11.8 Å². The van der Waals surface area contributed by atoms with E-state index in [1.165, 1.54) is 21.8 Å². The zero-order valence-corrected chi connectivity index (χ0v) is 18.7. The van der Waals surface area contributed by atoms with E-state index in [0.717, 1.165) is 10.9 Å². The summed E-state index contributed by atoms with van der Waals surface area (Å²) in [6, 6.07) is 11.5. The van der Waals surface area contributed by atoms with Gasteiger partial charge in [0.2, 0.25) is 0 Å². The van der Waals surface area contributed by atoms with Crippen molar-refractivity contribution in [3.05, 3.63) is 60.7 Å². The predicted octanol–water partition coefficient (Wildman–Crippen LogP) is 0.408. The Hall–Kier alpha value is -4.01. The van der Waals surface area contributed by atoms with Crippen molar-refractivity contribution in [3.63, 3.8) is 0 Å². The number of nitrogens with one attached hydrogen (secondary N) is 1. The Balaban J connectivity index is 1.47. The number of fused-ring (bicyclic) bond motifs is 2. The number of aliphatic hydroxyl groups is 4. The molecule has 13 nitrogen and oxygen atoms in total. The number of pyridine rings is 1. The first kappa shape index (κ1) is 22.5. The van der Waals surface area contributed by atoms with Gasteiger partial charge in [0.1, 0.15) is 24.1 Å². The molecule has 1 aliphatic heterocycles. The molecule has 0 saturated carbocycles. The average molecular weight is 490 g/mol. The number of aliphatic hydroxyl groups excluding tert-OH is 4. The van der Waals surface area contributed by atoms with Gasteiger partial charge in [-0.1, -0.05) is 18.2 Å². The van der Waals surface area contributed by atoms with Gasteiger partial charge in [-0.2, -0.15) is 15.1 Å². The third-order valence-electron chi connectivity index (χ3n) is 6.07. The lowest BCUT2D eigenvalue weighted by Gasteiger charge is -2.17. The van der Waals surface area contributed by atoms with Crippen molar-refractivity contribution in [2.45, 2.75) is 31.1 Å². The van der Waals surface area contributed by atoms with Crippen LogP contribution < -0.4 is 5.32 Å². The minimum absolute atomic E-state index is 0.166. The van der Waals surface area contributed by atoms with Gasteiger partial charge in [-0.15, -0.1) is 0 Å². The summed E-state index contributed by atoms with van der Waals surface area (Å²) < 4.78 is 8.56. The molecule has 1 aromatic carbocycles. The van der Waals surface area contributed by atoms with Crippen LogP contribution in [-0.4, -0.2) is 79.6 Å². The molecule has 0 amide bonds. The first-order chi connectivity index (χ1) is 17.6. The van der Waals surface area contributed by atoms with Crippen molar-refractivity contribution in [2.75, 3.05) is 11.9 Å². The van der Waals surface area contributed by atoms with Crippen LogP contribution in [0, 0.1) is 0 Å². The molecule has 1 saturated heterocycles. The first-order valence-electron chi connectivity index (χ1n) is 11.2. The maximum atomic E-state index is 10.6. The smallest absolute Gasteiger partial charge is 0.254 e. The molecule has 0 radical (unpaired) electrons. The second-order valence-electron chi connectivity index (χ2n) is 8.39. The largest absolute Gasteiger partial charge is 0.394 e. The van der Waals surface area contributed by atoms with Gasteiger partial charge in [0.25, 0.3) is 5.95 Å². The Morgan fingerprint density at radius 1 is 1.00 bits per heavy atom. The summed E-state index contributed by atoms with van der Waals surface area (Å²) >= 11 is 0. The molecule has 4 aromatic heterocycles. The lowest BCUT2D eigenvalue weighted by atomic mass is 10.1. The van der Waals surface area contributed by atoms with Gasteiger partial charge in [-0.25, -0.2) is 14.6 Å². The fourth-order valence-corrected chi connectivity index (χ4v) is 4.20. The quantitative estimate of drug-likeness (QED) is 0.223. The molecule has 13 heteroatoms. The van der Waals surface area contributed by atoms with E-state index in [-0.39, 0.29) is 12.6 Å². The molecule has 5 aromatic rings. The van der Waals surface area contributed by atoms with Gasteiger partial charge in [-0.3, -0.25) is 4.57 Å². The Morgan fingerprint density at radius 2 is 1.86 bits per heavy atom. The molecule has 6 rings (SSSR count). The van der Waals surface area contributed by atoms with Crippen molar-refractivity contribution in [3.8, 4) is 5.95 Å². The Kier molecular flexibility index (Phi) is 5.55. The molecule has 0 spiro atoms. The highest BCUT2D eigenvalue weighted by Crippen LogP contribution is 2.33. The topological polar surface area (TPSA) is 176 Å². The number of nitrogens with zero attached hydrogens (tertiary/aromatic N) is 7. The van der Waals surface area contributed by atoms with E-state index >= 15 is 0 Å². The second kappa shape index (κ2) is 8.89. The second-order valence-corrected chi connectivity index (χ2v) is 8.39. The Labute approximate surface area is 203 Å². The van der Waals surface area contributed by atoms with E-state index in [1.807, 2.05) is 36.4 Å². The minimum atomic E-state index is -1.32. The lowest BCUT2D eigenvalue weighted by Crippen LogP contribution is -2.33. The summed E-state index contributed by atoms with van der Waals surface area (Å²) in [7, 11) is 0. The van der Waals surface area contributed by atoms with Crippen LogP contribution in [0.3, 0.4) is 0 Å². The van der Waals surface area contributed by atoms with Crippen LogP contribution in [0.15, 0.2) is 55.1 Å². The fraction of sp³-hybridized carbons (Fsp3) is 0.261. The normalized spacial score (nSPS) is 22.0. The van der Waals surface area contributed by atoms with Gasteiger partial charge >= 0.3 is 0 Å². The molecule has 184 valence electrons. The minimum Gasteiger partial charge on any atom is -0.394 e. The molecule has 5 heterocycles. The maximum absolute atomic E-state index is 10.6. The van der Waals surface area contributed by atoms with Crippen molar-refractivity contribution in [1.29, 1.82) is 0 Å². The van der Waals surface area contributed by atoms with E-state index in [0.29, 0.717) is 28.4 Å². The molecule has 1 fully saturated rings. The number of aromatic nitrogens is 7. The summed E-state index contributed by atoms with van der Waals surface area (Å²) in [5, 5.41) is 48.1. The number of para-hydroxylation sites is 1. The molecule has 0 aliphatic carbocycles. The highest BCUT2D eigenvalue weighted by molar-refractivity contribution is 5.87. The lowest BCUT2D eigenvalue weighted by molar-refractivity contribution is -0.0511. The van der Waals surface area contributed by atoms with Gasteiger partial charge in [0, 0.05) is 17.1 Å². The van der Waals surface area contributed by atoms with Crippen molar-refractivity contribution in [1.82, 2.24) is 34.3 Å². The summed E-state index contributed by atoms with van der Waals surface area (Å²) in [5.74, 6) is 1.02. The van der Waals surface area contributed by atoms with Crippen molar-refractivity contribution < 1.29 is 25.2 Å². The van der Waals surface area contributed by atoms with E-state index in [4.69, 9.17) is 4.74 Å². The number of rotatable bonds is 6. The molecule has 5 N–H and O–H groups in total. The number of benzene rings is 1. The molecule has 0 unspecified atom stereocenters. The van der Waals surface area contributed by atoms with E-state index in [2.05, 4.69) is 30.4 Å². The molecule has 36 heavy (non-hydrogen) atoms. The van der Waals surface area contributed by atoms with E-state index < -0.39 is 31.1 Å². The molecule has 1 aliphatic rings. The fourth-order valence-electron chi connectivity index (χ4n) is 4.20. The molecule has 4 atom stereocenters. The number of hydrogen-bond acceptors (Lipinski definition) is 11. The van der Waals surface area contributed by atoms with E-state index in [9.17, 15) is 20.4 Å². The zero-order chi connectivity index (χ0) is 24.8. The monoisotopic (exact) mass is 490 g/mol. The van der Waals surface area contributed by atoms with Crippen molar-refractivity contribution in [2.24, 2.45) is 0 Å². The first-order valence-corrected chi connectivity index (χ1v) is 11.2. The number of hydrogen-bond donors (Lipinski definition) is 5. The third-order valence-corrected chi connectivity index (χ3v) is 6.07. The zero-order valence-electron chi connectivity index (χ0n) is 18.7. The highest BCUT2D eigenvalue weighted by Gasteiger charge is 2.44. The van der Waals surface area contributed by atoms with Crippen molar-refractivity contribution >= 4 is 33.7 Å². The third kappa shape index (κ3) is 3.75. The maximum Gasteiger partial charge on any atom is 0.254 e. The summed E-state index contributed by atoms with van der Waals surface area (Å²) in [6.45, 7) is -0.659. The number of anilines is 2. The Morgan fingerprint density at radius 3 is 2.64 bits per heavy atom. The van der Waals surface area contributed by atoms with Gasteiger partial charge < -0.3 is 30.5 Å². The average Bonchev–Trinajstić information content (AvgIpc) is 3.62. The Bertz CT molecular complexity index is 1550. The number of ether oxygens (including phenoxy) is 1. The van der Waals surface area contributed by atoms with Gasteiger partial charge in [-0.05, 0) is 18.2 Å². The number of imidazole rings is 1. The predicted molar refractivity (Wildman–Crippen MR) is 126 cm³/mol. The van der Waals surface area contributed by atoms with Crippen LogP contribution in [0.2, 0.25) is 0 Å². The molecule has 0 bridgehead atoms. The van der Waals surface area contributed by atoms with Gasteiger partial charge in [0.15, 0.2) is 23.2 Å². The van der Waals surface area contributed by atoms with Crippen LogP contribution >= 0.6 is 0 Å². The standard InChI is InChI=1S/C23H22N8O5/c32-9-12-7-25-31(8-12)23-28-20(27-16-6-5-13-3-1-2-4-14(13)26-16)17-21(29-23)30(11-24-17)22-19(35)18(34)15(10-33)36-22/h1-8,11,15,18-19,22,32-35H,9-10H2,(H,26,27,28,29)/t15-,18-,19-,22-/m1/s1. The molecular weight excluding hydrogens is 468 g/mol. The molecular formula is C23H22N8O5. The summed E-state index contributed by atoms with van der Waals surface area (Å²) in [4.78, 5) is 18.2. The van der Waals surface area contributed by atoms with Crippen LogP contribution in [0.4, 0.5) is 11.6 Å². The highest BCUT2D eigenvalue weighted by atomic mass is 16.6. The summed E-state index contributed by atoms with van der Waals surface area (Å²) in [6.07, 6.45) is -0.0893. The summed E-state index contributed by atoms with van der Waals surface area (Å²) in [5.41, 5.74) is 2.02. The van der Waals surface area contributed by atoms with Gasteiger partial charge in [0.05, 0.1) is 31.3 Å². The SMILES string of the molecule is OCc1cnn(-c2nc(Nc3ccc4ccccc4n3)c3ncn([C@@H]4O[C@H](CO)[C@@H](O)[C@H]4O)c3n2)c1. The van der Waals surface area contributed by atoms with Crippen LogP contribution in [0.5, 0.6) is 0 Å².